The molecule has 2 aromatic rings. The Hall–Kier alpha value is -2.49. The number of β-amino-alcohol motifs (C(OH)–C–C–N with tert-alkyl or cyclic N) is 1. The predicted octanol–water partition coefficient (Wildman–Crippen LogP) is -0.741. The van der Waals surface area contributed by atoms with Gasteiger partial charge < -0.3 is 25.2 Å². The minimum atomic E-state index is -0.962. The van der Waals surface area contributed by atoms with Gasteiger partial charge in [-0.2, -0.15) is 0 Å². The van der Waals surface area contributed by atoms with E-state index in [1.807, 2.05) is 0 Å². The van der Waals surface area contributed by atoms with Crippen LogP contribution in [-0.4, -0.2) is 85.8 Å². The number of carboxylic acids is 1. The molecule has 1 aromatic heterocycles. The van der Waals surface area contributed by atoms with Gasteiger partial charge >= 0.3 is 5.97 Å². The molecular weight excluding hydrogens is 328 g/mol. The number of aromatic amines is 1. The zero-order valence-electron chi connectivity index (χ0n) is 13.6. The second-order valence-electron chi connectivity index (χ2n) is 6.11. The largest absolute Gasteiger partial charge is 0.480 e. The van der Waals surface area contributed by atoms with Crippen LogP contribution in [0.4, 0.5) is 0 Å². The summed E-state index contributed by atoms with van der Waals surface area (Å²) in [6.45, 7) is 0.717. The first-order valence-electron chi connectivity index (χ1n) is 7.97. The van der Waals surface area contributed by atoms with Crippen molar-refractivity contribution in [2.45, 2.75) is 12.7 Å². The number of aromatic nitrogens is 2. The summed E-state index contributed by atoms with van der Waals surface area (Å²) < 4.78 is 0. The van der Waals surface area contributed by atoms with Gasteiger partial charge in [0.1, 0.15) is 12.4 Å². The van der Waals surface area contributed by atoms with E-state index in [-0.39, 0.29) is 32.1 Å². The Balaban J connectivity index is 1.76. The van der Waals surface area contributed by atoms with Gasteiger partial charge in [0.15, 0.2) is 0 Å². The summed E-state index contributed by atoms with van der Waals surface area (Å²) >= 11 is 0. The van der Waals surface area contributed by atoms with E-state index in [1.54, 1.807) is 23.1 Å². The SMILES string of the molecule is O=C(O)CN1CCN(C(=O)c2ccc3nc(CO)[nH]c3c2)CC(O)C1. The molecule has 0 radical (unpaired) electrons. The molecule has 134 valence electrons. The Kier molecular flexibility index (Phi) is 4.98. The van der Waals surface area contributed by atoms with Crippen LogP contribution in [0.1, 0.15) is 16.2 Å². The Bertz CT molecular complexity index is 790. The highest BCUT2D eigenvalue weighted by molar-refractivity contribution is 5.97. The van der Waals surface area contributed by atoms with Gasteiger partial charge in [-0.25, -0.2) is 4.98 Å². The van der Waals surface area contributed by atoms with Crippen molar-refractivity contribution in [1.82, 2.24) is 19.8 Å². The molecule has 0 bridgehead atoms. The number of fused-ring (bicyclic) bond motifs is 1. The van der Waals surface area contributed by atoms with E-state index in [1.165, 1.54) is 4.90 Å². The zero-order chi connectivity index (χ0) is 18.0. The van der Waals surface area contributed by atoms with Crippen LogP contribution in [0.2, 0.25) is 0 Å². The fourth-order valence-corrected chi connectivity index (χ4v) is 3.03. The number of hydrogen-bond donors (Lipinski definition) is 4. The van der Waals surface area contributed by atoms with E-state index in [0.29, 0.717) is 35.5 Å². The molecule has 1 fully saturated rings. The van der Waals surface area contributed by atoms with Crippen molar-refractivity contribution >= 4 is 22.9 Å². The lowest BCUT2D eigenvalue weighted by molar-refractivity contribution is -0.138. The normalized spacial score (nSPS) is 19.1. The van der Waals surface area contributed by atoms with Gasteiger partial charge in [-0.05, 0) is 18.2 Å². The number of imidazole rings is 1. The Morgan fingerprint density at radius 3 is 2.80 bits per heavy atom. The quantitative estimate of drug-likeness (QED) is 0.572. The number of benzene rings is 1. The van der Waals surface area contributed by atoms with E-state index >= 15 is 0 Å². The number of aliphatic hydroxyl groups is 2. The second kappa shape index (κ2) is 7.18. The molecule has 0 saturated carbocycles. The molecule has 4 N–H and O–H groups in total. The third-order valence-corrected chi connectivity index (χ3v) is 4.16. The van der Waals surface area contributed by atoms with Gasteiger partial charge in [-0.3, -0.25) is 14.5 Å². The summed E-state index contributed by atoms with van der Waals surface area (Å²) in [6.07, 6.45) is -0.803. The predicted molar refractivity (Wildman–Crippen MR) is 88.0 cm³/mol. The number of aliphatic hydroxyl groups excluding tert-OH is 2. The Morgan fingerprint density at radius 2 is 2.08 bits per heavy atom. The van der Waals surface area contributed by atoms with E-state index in [4.69, 9.17) is 10.2 Å². The summed E-state index contributed by atoms with van der Waals surface area (Å²) in [6, 6.07) is 5.01. The minimum Gasteiger partial charge on any atom is -0.480 e. The number of aliphatic carboxylic acids is 1. The van der Waals surface area contributed by atoms with Gasteiger partial charge in [0.25, 0.3) is 5.91 Å². The van der Waals surface area contributed by atoms with Gasteiger partial charge in [-0.1, -0.05) is 0 Å². The van der Waals surface area contributed by atoms with Crippen LogP contribution in [0.25, 0.3) is 11.0 Å². The Morgan fingerprint density at radius 1 is 1.28 bits per heavy atom. The highest BCUT2D eigenvalue weighted by atomic mass is 16.4. The number of hydrogen-bond acceptors (Lipinski definition) is 6. The summed E-state index contributed by atoms with van der Waals surface area (Å²) in [7, 11) is 0. The summed E-state index contributed by atoms with van der Waals surface area (Å²) in [5.74, 6) is -0.774. The lowest BCUT2D eigenvalue weighted by atomic mass is 10.1. The maximum absolute atomic E-state index is 12.7. The molecule has 9 nitrogen and oxygen atoms in total. The lowest BCUT2D eigenvalue weighted by Gasteiger charge is -2.21. The number of H-pyrrole nitrogens is 1. The second-order valence-corrected chi connectivity index (χ2v) is 6.11. The topological polar surface area (TPSA) is 130 Å². The van der Waals surface area contributed by atoms with Crippen LogP contribution in [0.3, 0.4) is 0 Å². The molecule has 0 aliphatic carbocycles. The number of nitrogens with zero attached hydrogens (tertiary/aromatic N) is 3. The highest BCUT2D eigenvalue weighted by Crippen LogP contribution is 2.16. The molecule has 1 amide bonds. The number of carbonyl (C=O) groups is 2. The van der Waals surface area contributed by atoms with Crippen molar-refractivity contribution in [3.8, 4) is 0 Å². The van der Waals surface area contributed by atoms with Crippen molar-refractivity contribution in [1.29, 1.82) is 0 Å². The summed E-state index contributed by atoms with van der Waals surface area (Å²) in [5, 5.41) is 28.1. The van der Waals surface area contributed by atoms with Gasteiger partial charge in [-0.15, -0.1) is 0 Å². The van der Waals surface area contributed by atoms with Crippen molar-refractivity contribution in [3.63, 3.8) is 0 Å². The van der Waals surface area contributed by atoms with Crippen LogP contribution in [0.5, 0.6) is 0 Å². The Labute approximate surface area is 143 Å². The van der Waals surface area contributed by atoms with E-state index < -0.39 is 12.1 Å². The first-order valence-corrected chi connectivity index (χ1v) is 7.97. The van der Waals surface area contributed by atoms with Crippen LogP contribution in [-0.2, 0) is 11.4 Å². The lowest BCUT2D eigenvalue weighted by Crippen LogP contribution is -2.37. The molecule has 1 aliphatic heterocycles. The zero-order valence-corrected chi connectivity index (χ0v) is 13.6. The smallest absolute Gasteiger partial charge is 0.317 e. The summed E-state index contributed by atoms with van der Waals surface area (Å²) in [5.41, 5.74) is 1.75. The molecule has 1 atom stereocenters. The fourth-order valence-electron chi connectivity index (χ4n) is 3.03. The van der Waals surface area contributed by atoms with Crippen LogP contribution < -0.4 is 0 Å². The standard InChI is InChI=1S/C16H20N4O5/c21-9-14-17-12-2-1-10(5-13(12)18-14)16(25)20-4-3-19(8-15(23)24)6-11(22)7-20/h1-2,5,11,21-22H,3-4,6-9H2,(H,17,18)(H,23,24). The van der Waals surface area contributed by atoms with Crippen LogP contribution >= 0.6 is 0 Å². The summed E-state index contributed by atoms with van der Waals surface area (Å²) in [4.78, 5) is 33.8. The molecule has 1 aromatic carbocycles. The molecule has 3 rings (SSSR count). The maximum atomic E-state index is 12.7. The van der Waals surface area contributed by atoms with Crippen molar-refractivity contribution < 1.29 is 24.9 Å². The number of rotatable bonds is 4. The van der Waals surface area contributed by atoms with Crippen LogP contribution in [0, 0.1) is 0 Å². The third kappa shape index (κ3) is 3.95. The number of amides is 1. The monoisotopic (exact) mass is 348 g/mol. The minimum absolute atomic E-state index is 0.151. The molecule has 1 aliphatic rings. The molecule has 1 unspecified atom stereocenters. The maximum Gasteiger partial charge on any atom is 0.317 e. The first kappa shape index (κ1) is 17.3. The average Bonchev–Trinajstić information content (AvgIpc) is 2.90. The first-order chi connectivity index (χ1) is 12.0. The van der Waals surface area contributed by atoms with E-state index in [2.05, 4.69) is 9.97 Å². The average molecular weight is 348 g/mol. The van der Waals surface area contributed by atoms with Gasteiger partial charge in [0, 0.05) is 31.7 Å². The molecule has 2 heterocycles. The van der Waals surface area contributed by atoms with Gasteiger partial charge in [0.05, 0.1) is 23.7 Å². The van der Waals surface area contributed by atoms with Crippen molar-refractivity contribution in [2.75, 3.05) is 32.7 Å². The van der Waals surface area contributed by atoms with Crippen LogP contribution in [0.15, 0.2) is 18.2 Å². The number of nitrogens with one attached hydrogen (secondary N) is 1. The van der Waals surface area contributed by atoms with E-state index in [9.17, 15) is 14.7 Å². The molecule has 9 heteroatoms. The van der Waals surface area contributed by atoms with Gasteiger partial charge in [0.2, 0.25) is 0 Å². The van der Waals surface area contributed by atoms with Crippen molar-refractivity contribution in [3.05, 3.63) is 29.6 Å². The number of carbonyl (C=O) groups excluding carboxylic acids is 1. The van der Waals surface area contributed by atoms with E-state index in [0.717, 1.165) is 0 Å². The molecular formula is C16H20N4O5. The highest BCUT2D eigenvalue weighted by Gasteiger charge is 2.26. The third-order valence-electron chi connectivity index (χ3n) is 4.16. The molecule has 1 saturated heterocycles. The molecule has 25 heavy (non-hydrogen) atoms. The fraction of sp³-hybridized carbons (Fsp3) is 0.438. The van der Waals surface area contributed by atoms with Crippen molar-refractivity contribution in [2.24, 2.45) is 0 Å². The number of carboxylic acid groups (broad SMARTS) is 1. The molecule has 0 spiro atoms.